The van der Waals surface area contributed by atoms with Gasteiger partial charge in [-0.25, -0.2) is 4.79 Å². The third-order valence-corrected chi connectivity index (χ3v) is 5.13. The van der Waals surface area contributed by atoms with Gasteiger partial charge >= 0.3 is 5.97 Å². The van der Waals surface area contributed by atoms with Crippen LogP contribution in [-0.4, -0.2) is 22.5 Å². The number of carboxylic acid groups (broad SMARTS) is 1. The second-order valence-corrected chi connectivity index (χ2v) is 7.25. The lowest BCUT2D eigenvalue weighted by Gasteiger charge is -2.28. The number of hydrogen-bond acceptors (Lipinski definition) is 3. The van der Waals surface area contributed by atoms with Crippen molar-refractivity contribution in [2.45, 2.75) is 51.5 Å². The number of halogens is 1. The van der Waals surface area contributed by atoms with Gasteiger partial charge in [-0.3, -0.25) is 4.79 Å². The average molecular weight is 362 g/mol. The van der Waals surface area contributed by atoms with E-state index in [4.69, 9.17) is 0 Å². The van der Waals surface area contributed by atoms with Crippen LogP contribution >= 0.6 is 27.3 Å². The molecule has 0 spiro atoms. The van der Waals surface area contributed by atoms with Gasteiger partial charge in [-0.2, -0.15) is 0 Å². The van der Waals surface area contributed by atoms with Crippen LogP contribution in [0.5, 0.6) is 0 Å². The zero-order valence-electron chi connectivity index (χ0n) is 11.7. The zero-order valence-corrected chi connectivity index (χ0v) is 14.1. The monoisotopic (exact) mass is 361 g/mol. The summed E-state index contributed by atoms with van der Waals surface area (Å²) in [4.78, 5) is 24.4. The molecule has 0 aliphatic rings. The molecule has 4 nitrogen and oxygen atoms in total. The van der Waals surface area contributed by atoms with E-state index in [2.05, 4.69) is 21.2 Å². The fourth-order valence-electron chi connectivity index (χ4n) is 2.02. The van der Waals surface area contributed by atoms with E-state index in [1.54, 1.807) is 25.2 Å². The van der Waals surface area contributed by atoms with E-state index in [0.29, 0.717) is 19.3 Å². The van der Waals surface area contributed by atoms with Gasteiger partial charge in [0.05, 0.1) is 3.79 Å². The Morgan fingerprint density at radius 3 is 2.45 bits per heavy atom. The van der Waals surface area contributed by atoms with Gasteiger partial charge in [0, 0.05) is 11.3 Å². The summed E-state index contributed by atoms with van der Waals surface area (Å²) in [5.41, 5.74) is -1.12. The first-order valence-electron chi connectivity index (χ1n) is 6.72. The normalized spacial score (nSPS) is 11.3. The lowest BCUT2D eigenvalue weighted by molar-refractivity contribution is -0.148. The number of carbonyl (C=O) groups is 2. The Bertz CT molecular complexity index is 469. The van der Waals surface area contributed by atoms with Crippen molar-refractivity contribution in [3.05, 3.63) is 20.8 Å². The van der Waals surface area contributed by atoms with E-state index < -0.39 is 11.5 Å². The molecule has 0 aliphatic heterocycles. The van der Waals surface area contributed by atoms with Crippen molar-refractivity contribution in [3.8, 4) is 0 Å². The molecule has 1 rings (SSSR count). The number of hydrogen-bond donors (Lipinski definition) is 2. The smallest absolute Gasteiger partial charge is 0.329 e. The number of carboxylic acids is 1. The molecule has 0 bridgehead atoms. The highest BCUT2D eigenvalue weighted by atomic mass is 79.9. The minimum absolute atomic E-state index is 0.188. The first-order valence-corrected chi connectivity index (χ1v) is 8.33. The summed E-state index contributed by atoms with van der Waals surface area (Å²) in [5, 5.41) is 11.9. The topological polar surface area (TPSA) is 66.4 Å². The second-order valence-electron chi connectivity index (χ2n) is 4.70. The number of aliphatic carboxylic acids is 1. The minimum atomic E-state index is -1.12. The molecular weight excluding hydrogens is 342 g/mol. The maximum absolute atomic E-state index is 11.9. The summed E-state index contributed by atoms with van der Waals surface area (Å²) in [6.07, 6.45) is 2.69. The van der Waals surface area contributed by atoms with Crippen molar-refractivity contribution < 1.29 is 14.7 Å². The molecule has 112 valence electrons. The maximum atomic E-state index is 11.9. The standard InChI is InChI=1S/C14H20BrNO3S/c1-3-14(4-2,13(18)19)16-12(17)7-5-6-10-8-9-11(15)20-10/h8-9H,3-7H2,1-2H3,(H,16,17)(H,18,19). The van der Waals surface area contributed by atoms with Crippen molar-refractivity contribution in [2.75, 3.05) is 0 Å². The van der Waals surface area contributed by atoms with Crippen molar-refractivity contribution >= 4 is 39.1 Å². The average Bonchev–Trinajstić information content (AvgIpc) is 2.81. The van der Waals surface area contributed by atoms with E-state index in [-0.39, 0.29) is 5.91 Å². The van der Waals surface area contributed by atoms with Gasteiger partial charge in [-0.05, 0) is 53.7 Å². The van der Waals surface area contributed by atoms with Crippen LogP contribution in [-0.2, 0) is 16.0 Å². The Hall–Kier alpha value is -0.880. The van der Waals surface area contributed by atoms with Crippen molar-refractivity contribution in [1.29, 1.82) is 0 Å². The van der Waals surface area contributed by atoms with Crippen LogP contribution < -0.4 is 5.32 Å². The van der Waals surface area contributed by atoms with E-state index in [1.807, 2.05) is 12.1 Å². The number of nitrogens with one attached hydrogen (secondary N) is 1. The SMILES string of the molecule is CCC(CC)(NC(=O)CCCc1ccc(Br)s1)C(=O)O. The number of amides is 1. The maximum Gasteiger partial charge on any atom is 0.329 e. The summed E-state index contributed by atoms with van der Waals surface area (Å²) in [7, 11) is 0. The van der Waals surface area contributed by atoms with Crippen LogP contribution in [0.4, 0.5) is 0 Å². The highest BCUT2D eigenvalue weighted by Crippen LogP contribution is 2.23. The fourth-order valence-corrected chi connectivity index (χ4v) is 3.55. The van der Waals surface area contributed by atoms with Gasteiger partial charge in [0.25, 0.3) is 0 Å². The van der Waals surface area contributed by atoms with Crippen LogP contribution in [0, 0.1) is 0 Å². The number of thiophene rings is 1. The molecule has 1 aromatic rings. The summed E-state index contributed by atoms with van der Waals surface area (Å²) in [6.45, 7) is 3.56. The summed E-state index contributed by atoms with van der Waals surface area (Å²) in [5.74, 6) is -1.15. The van der Waals surface area contributed by atoms with E-state index in [0.717, 1.165) is 16.6 Å². The molecule has 0 fully saturated rings. The van der Waals surface area contributed by atoms with Gasteiger partial charge < -0.3 is 10.4 Å². The van der Waals surface area contributed by atoms with Gasteiger partial charge in [-0.1, -0.05) is 13.8 Å². The first-order chi connectivity index (χ1) is 9.43. The Labute approximate surface area is 131 Å². The summed E-state index contributed by atoms with van der Waals surface area (Å²) < 4.78 is 1.08. The van der Waals surface area contributed by atoms with E-state index >= 15 is 0 Å². The Morgan fingerprint density at radius 1 is 1.35 bits per heavy atom. The van der Waals surface area contributed by atoms with Crippen LogP contribution in [0.3, 0.4) is 0 Å². The molecular formula is C14H20BrNO3S. The molecule has 0 aromatic carbocycles. The molecule has 1 aromatic heterocycles. The Balaban J connectivity index is 2.44. The molecule has 20 heavy (non-hydrogen) atoms. The third kappa shape index (κ3) is 4.59. The van der Waals surface area contributed by atoms with Crippen molar-refractivity contribution in [3.63, 3.8) is 0 Å². The fraction of sp³-hybridized carbons (Fsp3) is 0.571. The molecule has 1 amide bonds. The molecule has 0 aliphatic carbocycles. The van der Waals surface area contributed by atoms with Crippen LogP contribution in [0.15, 0.2) is 15.9 Å². The minimum Gasteiger partial charge on any atom is -0.480 e. The molecule has 0 radical (unpaired) electrons. The van der Waals surface area contributed by atoms with Crippen LogP contribution in [0.25, 0.3) is 0 Å². The quantitative estimate of drug-likeness (QED) is 0.743. The van der Waals surface area contributed by atoms with Crippen LogP contribution in [0.1, 0.15) is 44.4 Å². The lowest BCUT2D eigenvalue weighted by atomic mass is 9.92. The largest absolute Gasteiger partial charge is 0.480 e. The molecule has 2 N–H and O–H groups in total. The number of carbonyl (C=O) groups excluding carboxylic acids is 1. The van der Waals surface area contributed by atoms with Gasteiger partial charge in [0.1, 0.15) is 5.54 Å². The molecule has 6 heteroatoms. The number of rotatable bonds is 8. The third-order valence-electron chi connectivity index (χ3n) is 3.45. The van der Waals surface area contributed by atoms with Gasteiger partial charge in [0.2, 0.25) is 5.91 Å². The van der Waals surface area contributed by atoms with Crippen molar-refractivity contribution in [2.24, 2.45) is 0 Å². The van der Waals surface area contributed by atoms with E-state index in [1.165, 1.54) is 4.88 Å². The molecule has 1 heterocycles. The first kappa shape index (κ1) is 17.2. The van der Waals surface area contributed by atoms with Crippen molar-refractivity contribution in [1.82, 2.24) is 5.32 Å². The second kappa shape index (κ2) is 7.78. The van der Waals surface area contributed by atoms with Crippen LogP contribution in [0.2, 0.25) is 0 Å². The zero-order chi connectivity index (χ0) is 15.2. The highest BCUT2D eigenvalue weighted by molar-refractivity contribution is 9.11. The highest BCUT2D eigenvalue weighted by Gasteiger charge is 2.35. The summed E-state index contributed by atoms with van der Waals surface area (Å²) in [6, 6.07) is 4.02. The lowest BCUT2D eigenvalue weighted by Crippen LogP contribution is -2.53. The summed E-state index contributed by atoms with van der Waals surface area (Å²) >= 11 is 5.06. The van der Waals surface area contributed by atoms with E-state index in [9.17, 15) is 14.7 Å². The predicted molar refractivity (Wildman–Crippen MR) is 84.0 cm³/mol. The predicted octanol–water partition coefficient (Wildman–Crippen LogP) is 3.59. The van der Waals surface area contributed by atoms with Gasteiger partial charge in [-0.15, -0.1) is 11.3 Å². The Kier molecular flexibility index (Phi) is 6.68. The number of aryl methyl sites for hydroxylation is 1. The molecule has 0 saturated heterocycles. The molecule has 0 saturated carbocycles. The molecule has 0 unspecified atom stereocenters. The Morgan fingerprint density at radius 2 is 2.00 bits per heavy atom. The van der Waals surface area contributed by atoms with Gasteiger partial charge in [0.15, 0.2) is 0 Å². The molecule has 0 atom stereocenters.